The van der Waals surface area contributed by atoms with Crippen LogP contribution in [0.5, 0.6) is 0 Å². The van der Waals surface area contributed by atoms with Gasteiger partial charge in [-0.1, -0.05) is 18.8 Å². The standard InChI is InChI=1S/C14H20O3/c1-2-17-14(16)11-7-6-9-12-8-4-3-5-10-13(12)15/h12H,2-6,8-10H2,1H3. The summed E-state index contributed by atoms with van der Waals surface area (Å²) < 4.78 is 4.70. The molecular formula is C14H20O3. The molecule has 0 heterocycles. The van der Waals surface area contributed by atoms with Crippen molar-refractivity contribution in [2.24, 2.45) is 5.92 Å². The van der Waals surface area contributed by atoms with Crippen molar-refractivity contribution in [2.75, 3.05) is 6.61 Å². The molecule has 0 aromatic rings. The number of Topliss-reactive ketones (excluding diaryl/α,β-unsaturated/α-hetero) is 1. The van der Waals surface area contributed by atoms with Crippen molar-refractivity contribution in [3.8, 4) is 11.8 Å². The Kier molecular flexibility index (Phi) is 6.39. The van der Waals surface area contributed by atoms with Crippen LogP contribution in [-0.4, -0.2) is 18.4 Å². The molecule has 94 valence electrons. The molecule has 0 aromatic carbocycles. The molecule has 17 heavy (non-hydrogen) atoms. The first-order valence-corrected chi connectivity index (χ1v) is 6.42. The van der Waals surface area contributed by atoms with E-state index in [1.54, 1.807) is 6.92 Å². The van der Waals surface area contributed by atoms with Gasteiger partial charge in [0.15, 0.2) is 0 Å². The van der Waals surface area contributed by atoms with Crippen molar-refractivity contribution in [3.05, 3.63) is 0 Å². The van der Waals surface area contributed by atoms with Gasteiger partial charge in [0.1, 0.15) is 5.78 Å². The second-order valence-corrected chi connectivity index (χ2v) is 4.32. The van der Waals surface area contributed by atoms with Crippen molar-refractivity contribution in [1.29, 1.82) is 0 Å². The number of ether oxygens (including phenoxy) is 1. The van der Waals surface area contributed by atoms with Gasteiger partial charge in [-0.2, -0.15) is 0 Å². The molecule has 1 rings (SSSR count). The molecule has 3 nitrogen and oxygen atoms in total. The first-order valence-electron chi connectivity index (χ1n) is 6.42. The van der Waals surface area contributed by atoms with Crippen LogP contribution in [0.15, 0.2) is 0 Å². The van der Waals surface area contributed by atoms with Crippen LogP contribution in [0.25, 0.3) is 0 Å². The minimum absolute atomic E-state index is 0.161. The Morgan fingerprint density at radius 3 is 3.00 bits per heavy atom. The predicted octanol–water partition coefficient (Wildman–Crippen LogP) is 2.48. The van der Waals surface area contributed by atoms with Crippen molar-refractivity contribution in [3.63, 3.8) is 0 Å². The second kappa shape index (κ2) is 7.89. The number of esters is 1. The Bertz CT molecular complexity index is 322. The Hall–Kier alpha value is -1.30. The minimum atomic E-state index is -0.473. The smallest absolute Gasteiger partial charge is 0.384 e. The van der Waals surface area contributed by atoms with E-state index < -0.39 is 5.97 Å². The topological polar surface area (TPSA) is 43.4 Å². The molecule has 0 aliphatic heterocycles. The number of hydrogen-bond donors (Lipinski definition) is 0. The number of rotatable bonds is 3. The first-order chi connectivity index (χ1) is 8.24. The van der Waals surface area contributed by atoms with Gasteiger partial charge in [0.25, 0.3) is 0 Å². The van der Waals surface area contributed by atoms with E-state index in [9.17, 15) is 9.59 Å². The Balaban J connectivity index is 2.29. The van der Waals surface area contributed by atoms with Crippen molar-refractivity contribution in [2.45, 2.75) is 51.9 Å². The molecule has 0 saturated heterocycles. The van der Waals surface area contributed by atoms with Gasteiger partial charge in [-0.25, -0.2) is 4.79 Å². The normalized spacial score (nSPS) is 20.1. The van der Waals surface area contributed by atoms with Crippen LogP contribution in [-0.2, 0) is 14.3 Å². The monoisotopic (exact) mass is 236 g/mol. The lowest BCUT2D eigenvalue weighted by atomic mass is 9.94. The quantitative estimate of drug-likeness (QED) is 0.327. The van der Waals surface area contributed by atoms with Gasteiger partial charge in [-0.3, -0.25) is 4.79 Å². The van der Waals surface area contributed by atoms with Crippen LogP contribution in [0, 0.1) is 17.8 Å². The fourth-order valence-corrected chi connectivity index (χ4v) is 2.09. The highest BCUT2D eigenvalue weighted by molar-refractivity contribution is 5.88. The van der Waals surface area contributed by atoms with E-state index >= 15 is 0 Å². The summed E-state index contributed by atoms with van der Waals surface area (Å²) in [4.78, 5) is 22.7. The lowest BCUT2D eigenvalue weighted by Gasteiger charge is -2.09. The molecule has 1 fully saturated rings. The summed E-state index contributed by atoms with van der Waals surface area (Å²) in [6, 6.07) is 0. The maximum Gasteiger partial charge on any atom is 0.384 e. The van der Waals surface area contributed by atoms with E-state index in [-0.39, 0.29) is 5.92 Å². The summed E-state index contributed by atoms with van der Waals surface area (Å²) in [7, 11) is 0. The number of carbonyl (C=O) groups excluding carboxylic acids is 2. The molecule has 1 saturated carbocycles. The third-order valence-corrected chi connectivity index (χ3v) is 3.01. The van der Waals surface area contributed by atoms with E-state index in [1.807, 2.05) is 0 Å². The third-order valence-electron chi connectivity index (χ3n) is 3.01. The first kappa shape index (κ1) is 13.8. The highest BCUT2D eigenvalue weighted by Gasteiger charge is 2.19. The van der Waals surface area contributed by atoms with Crippen molar-refractivity contribution >= 4 is 11.8 Å². The Labute approximate surface area is 103 Å². The van der Waals surface area contributed by atoms with E-state index in [0.717, 1.165) is 38.5 Å². The fraction of sp³-hybridized carbons (Fsp3) is 0.714. The molecule has 0 bridgehead atoms. The number of hydrogen-bond acceptors (Lipinski definition) is 3. The molecule has 1 aliphatic rings. The van der Waals surface area contributed by atoms with Crippen LogP contribution in [0.4, 0.5) is 0 Å². The van der Waals surface area contributed by atoms with E-state index in [1.165, 1.54) is 0 Å². The summed E-state index contributed by atoms with van der Waals surface area (Å²) in [6.07, 6.45) is 6.43. The summed E-state index contributed by atoms with van der Waals surface area (Å²) >= 11 is 0. The summed E-state index contributed by atoms with van der Waals surface area (Å²) in [5.74, 6) is 5.28. The van der Waals surface area contributed by atoms with Crippen LogP contribution >= 0.6 is 0 Å². The lowest BCUT2D eigenvalue weighted by Crippen LogP contribution is -2.12. The van der Waals surface area contributed by atoms with Crippen LogP contribution in [0.2, 0.25) is 0 Å². The summed E-state index contributed by atoms with van der Waals surface area (Å²) in [5.41, 5.74) is 0. The maximum absolute atomic E-state index is 11.7. The average molecular weight is 236 g/mol. The molecule has 0 amide bonds. The van der Waals surface area contributed by atoms with Gasteiger partial charge in [-0.05, 0) is 26.2 Å². The zero-order valence-electron chi connectivity index (χ0n) is 10.5. The highest BCUT2D eigenvalue weighted by atomic mass is 16.5. The number of carbonyl (C=O) groups is 2. The molecule has 0 N–H and O–H groups in total. The molecule has 1 unspecified atom stereocenters. The second-order valence-electron chi connectivity index (χ2n) is 4.32. The average Bonchev–Trinajstić information content (AvgIpc) is 2.50. The van der Waals surface area contributed by atoms with Gasteiger partial charge in [-0.15, -0.1) is 0 Å². The van der Waals surface area contributed by atoms with Crippen LogP contribution in [0.1, 0.15) is 51.9 Å². The Morgan fingerprint density at radius 2 is 2.24 bits per heavy atom. The molecule has 1 aliphatic carbocycles. The highest BCUT2D eigenvalue weighted by Crippen LogP contribution is 2.23. The summed E-state index contributed by atoms with van der Waals surface area (Å²) in [5, 5.41) is 0. The molecular weight excluding hydrogens is 216 g/mol. The van der Waals surface area contributed by atoms with Crippen LogP contribution in [0.3, 0.4) is 0 Å². The van der Waals surface area contributed by atoms with Gasteiger partial charge < -0.3 is 4.74 Å². The lowest BCUT2D eigenvalue weighted by molar-refractivity contribution is -0.136. The van der Waals surface area contributed by atoms with Gasteiger partial charge >= 0.3 is 5.97 Å². The van der Waals surface area contributed by atoms with Crippen molar-refractivity contribution in [1.82, 2.24) is 0 Å². The minimum Gasteiger partial charge on any atom is -0.456 e. The fourth-order valence-electron chi connectivity index (χ4n) is 2.09. The van der Waals surface area contributed by atoms with E-state index in [0.29, 0.717) is 18.8 Å². The largest absolute Gasteiger partial charge is 0.456 e. The van der Waals surface area contributed by atoms with Gasteiger partial charge in [0.05, 0.1) is 6.61 Å². The molecule has 0 radical (unpaired) electrons. The Morgan fingerprint density at radius 1 is 1.41 bits per heavy atom. The maximum atomic E-state index is 11.7. The zero-order valence-corrected chi connectivity index (χ0v) is 10.5. The molecule has 0 spiro atoms. The van der Waals surface area contributed by atoms with Crippen LogP contribution < -0.4 is 0 Å². The van der Waals surface area contributed by atoms with Gasteiger partial charge in [0.2, 0.25) is 0 Å². The third kappa shape index (κ3) is 5.53. The molecule has 1 atom stereocenters. The molecule has 3 heteroatoms. The SMILES string of the molecule is CCOC(=O)C#CCCC1CCCCCC1=O. The zero-order chi connectivity index (χ0) is 12.5. The van der Waals surface area contributed by atoms with Crippen molar-refractivity contribution < 1.29 is 14.3 Å². The van der Waals surface area contributed by atoms with Gasteiger partial charge in [0, 0.05) is 24.7 Å². The number of ketones is 1. The van der Waals surface area contributed by atoms with E-state index in [2.05, 4.69) is 11.8 Å². The van der Waals surface area contributed by atoms with E-state index in [4.69, 9.17) is 4.74 Å². The summed E-state index contributed by atoms with van der Waals surface area (Å²) in [6.45, 7) is 2.11. The predicted molar refractivity (Wildman–Crippen MR) is 65.2 cm³/mol. The molecule has 0 aromatic heterocycles.